The average molecular weight is 263 g/mol. The Balaban J connectivity index is 1.70. The van der Waals surface area contributed by atoms with E-state index in [1.165, 1.54) is 10.5 Å². The van der Waals surface area contributed by atoms with Gasteiger partial charge in [0.05, 0.1) is 6.54 Å². The van der Waals surface area contributed by atoms with Crippen LogP contribution in [0.25, 0.3) is 0 Å². The minimum Gasteiger partial charge on any atom is -0.480 e. The summed E-state index contributed by atoms with van der Waals surface area (Å²) < 4.78 is 0. The van der Waals surface area contributed by atoms with Crippen molar-refractivity contribution in [2.45, 2.75) is 29.7 Å². The first-order valence-corrected chi connectivity index (χ1v) is 7.40. The molecule has 2 aliphatic rings. The molecule has 3 nitrogen and oxygen atoms in total. The molecule has 1 aliphatic carbocycles. The molecular weight excluding hydrogens is 246 g/mol. The van der Waals surface area contributed by atoms with Crippen LogP contribution in [0, 0.1) is 0 Å². The molecule has 0 bridgehead atoms. The van der Waals surface area contributed by atoms with Gasteiger partial charge < -0.3 is 5.11 Å². The summed E-state index contributed by atoms with van der Waals surface area (Å²) in [6.07, 6.45) is 2.32. The summed E-state index contributed by atoms with van der Waals surface area (Å²) in [5.74, 6) is 0.870. The molecule has 0 spiro atoms. The van der Waals surface area contributed by atoms with Gasteiger partial charge in [-0.2, -0.15) is 0 Å². The maximum absolute atomic E-state index is 10.9. The number of aliphatic carboxylic acids is 1. The van der Waals surface area contributed by atoms with E-state index in [1.807, 2.05) is 11.8 Å². The molecule has 96 valence electrons. The standard InChI is InChI=1S/C14H17NO2S/c16-14(17)8-15(11-5-6-11)7-10-9-18-13-4-2-1-3-12(10)13/h1-4,10-11H,5-9H2,(H,16,17). The molecule has 3 rings (SSSR count). The predicted octanol–water partition coefficient (Wildman–Crippen LogP) is 2.42. The second kappa shape index (κ2) is 4.94. The van der Waals surface area contributed by atoms with E-state index < -0.39 is 5.97 Å². The number of hydrogen-bond donors (Lipinski definition) is 1. The van der Waals surface area contributed by atoms with Crippen molar-refractivity contribution >= 4 is 17.7 Å². The third-order valence-corrected chi connectivity index (χ3v) is 4.91. The molecule has 1 atom stereocenters. The van der Waals surface area contributed by atoms with Crippen molar-refractivity contribution < 1.29 is 9.90 Å². The van der Waals surface area contributed by atoms with Crippen LogP contribution < -0.4 is 0 Å². The van der Waals surface area contributed by atoms with Crippen molar-refractivity contribution in [2.24, 2.45) is 0 Å². The molecule has 4 heteroatoms. The maximum Gasteiger partial charge on any atom is 0.317 e. The van der Waals surface area contributed by atoms with E-state index in [1.54, 1.807) is 0 Å². The normalized spacial score (nSPS) is 22.2. The summed E-state index contributed by atoms with van der Waals surface area (Å²) in [6.45, 7) is 1.08. The monoisotopic (exact) mass is 263 g/mol. The van der Waals surface area contributed by atoms with Crippen molar-refractivity contribution in [3.8, 4) is 0 Å². The molecule has 1 heterocycles. The molecule has 1 aliphatic heterocycles. The van der Waals surface area contributed by atoms with Gasteiger partial charge in [-0.1, -0.05) is 18.2 Å². The van der Waals surface area contributed by atoms with Crippen molar-refractivity contribution in [1.82, 2.24) is 4.90 Å². The third-order valence-electron chi connectivity index (χ3n) is 3.66. The lowest BCUT2D eigenvalue weighted by Gasteiger charge is -2.23. The minimum absolute atomic E-state index is 0.188. The van der Waals surface area contributed by atoms with Crippen LogP contribution in [-0.4, -0.2) is 40.9 Å². The van der Waals surface area contributed by atoms with E-state index in [0.29, 0.717) is 12.0 Å². The summed E-state index contributed by atoms with van der Waals surface area (Å²) in [5.41, 5.74) is 1.40. The fraction of sp³-hybridized carbons (Fsp3) is 0.500. The average Bonchev–Trinajstić information content (AvgIpc) is 3.12. The number of fused-ring (bicyclic) bond motifs is 1. The van der Waals surface area contributed by atoms with E-state index in [0.717, 1.165) is 25.1 Å². The topological polar surface area (TPSA) is 40.5 Å². The highest BCUT2D eigenvalue weighted by atomic mass is 32.2. The number of carbonyl (C=O) groups is 1. The Hall–Kier alpha value is -1.00. The van der Waals surface area contributed by atoms with Gasteiger partial charge in [0.1, 0.15) is 0 Å². The molecule has 1 N–H and O–H groups in total. The quantitative estimate of drug-likeness (QED) is 0.885. The highest BCUT2D eigenvalue weighted by Crippen LogP contribution is 2.40. The van der Waals surface area contributed by atoms with Crippen LogP contribution in [0.1, 0.15) is 24.3 Å². The van der Waals surface area contributed by atoms with Crippen LogP contribution in [0.15, 0.2) is 29.2 Å². The van der Waals surface area contributed by atoms with Gasteiger partial charge in [-0.25, -0.2) is 0 Å². The predicted molar refractivity (Wildman–Crippen MR) is 72.1 cm³/mol. The van der Waals surface area contributed by atoms with Crippen LogP contribution >= 0.6 is 11.8 Å². The zero-order valence-corrected chi connectivity index (χ0v) is 11.0. The van der Waals surface area contributed by atoms with Crippen molar-refractivity contribution in [2.75, 3.05) is 18.8 Å². The Kier molecular flexibility index (Phi) is 3.31. The second-order valence-corrected chi connectivity index (χ2v) is 6.16. The molecule has 1 unspecified atom stereocenters. The minimum atomic E-state index is -0.708. The molecular formula is C14H17NO2S. The Labute approximate surface area is 111 Å². The third kappa shape index (κ3) is 2.54. The van der Waals surface area contributed by atoms with Gasteiger partial charge in [-0.05, 0) is 24.5 Å². The van der Waals surface area contributed by atoms with Crippen LogP contribution in [0.4, 0.5) is 0 Å². The molecule has 1 saturated carbocycles. The van der Waals surface area contributed by atoms with Crippen LogP contribution in [0.5, 0.6) is 0 Å². The van der Waals surface area contributed by atoms with Crippen LogP contribution in [0.2, 0.25) is 0 Å². The maximum atomic E-state index is 10.9. The first kappa shape index (κ1) is 12.1. The number of carboxylic acids is 1. The van der Waals surface area contributed by atoms with Crippen LogP contribution in [-0.2, 0) is 4.79 Å². The Morgan fingerprint density at radius 1 is 1.39 bits per heavy atom. The van der Waals surface area contributed by atoms with E-state index >= 15 is 0 Å². The lowest BCUT2D eigenvalue weighted by molar-refractivity contribution is -0.138. The zero-order chi connectivity index (χ0) is 12.5. The number of hydrogen-bond acceptors (Lipinski definition) is 3. The number of thioether (sulfide) groups is 1. The molecule has 0 amide bonds. The lowest BCUT2D eigenvalue weighted by atomic mass is 10.0. The number of benzene rings is 1. The van der Waals surface area contributed by atoms with Crippen LogP contribution in [0.3, 0.4) is 0 Å². The first-order valence-electron chi connectivity index (χ1n) is 6.41. The number of rotatable bonds is 5. The fourth-order valence-corrected chi connectivity index (χ4v) is 3.86. The van der Waals surface area contributed by atoms with E-state index in [2.05, 4.69) is 29.2 Å². The number of carboxylic acid groups (broad SMARTS) is 1. The summed E-state index contributed by atoms with van der Waals surface area (Å²) in [7, 11) is 0. The van der Waals surface area contributed by atoms with Crippen molar-refractivity contribution in [3.05, 3.63) is 29.8 Å². The highest BCUT2D eigenvalue weighted by molar-refractivity contribution is 7.99. The molecule has 1 aromatic carbocycles. The molecule has 1 fully saturated rings. The molecule has 1 aromatic rings. The summed E-state index contributed by atoms with van der Waals surface area (Å²) in [4.78, 5) is 14.4. The SMILES string of the molecule is O=C(O)CN(CC1CSc2ccccc21)C1CC1. The Bertz CT molecular complexity index is 459. The summed E-state index contributed by atoms with van der Waals surface area (Å²) in [5, 5.41) is 8.98. The summed E-state index contributed by atoms with van der Waals surface area (Å²) in [6, 6.07) is 9.02. The zero-order valence-electron chi connectivity index (χ0n) is 10.2. The lowest BCUT2D eigenvalue weighted by Crippen LogP contribution is -2.35. The first-order chi connectivity index (χ1) is 8.74. The fourth-order valence-electron chi connectivity index (χ4n) is 2.62. The largest absolute Gasteiger partial charge is 0.480 e. The van der Waals surface area contributed by atoms with E-state index in [4.69, 9.17) is 5.11 Å². The van der Waals surface area contributed by atoms with Crippen molar-refractivity contribution in [1.29, 1.82) is 0 Å². The van der Waals surface area contributed by atoms with Gasteiger partial charge in [-0.3, -0.25) is 9.69 Å². The molecule has 0 radical (unpaired) electrons. The number of nitrogens with zero attached hydrogens (tertiary/aromatic N) is 1. The van der Waals surface area contributed by atoms with E-state index in [9.17, 15) is 4.79 Å². The van der Waals surface area contributed by atoms with Crippen molar-refractivity contribution in [3.63, 3.8) is 0 Å². The molecule has 18 heavy (non-hydrogen) atoms. The summed E-state index contributed by atoms with van der Waals surface area (Å²) >= 11 is 1.89. The van der Waals surface area contributed by atoms with Gasteiger partial charge in [0.2, 0.25) is 0 Å². The van der Waals surface area contributed by atoms with Gasteiger partial charge in [0, 0.05) is 29.2 Å². The molecule has 0 saturated heterocycles. The second-order valence-electron chi connectivity index (χ2n) is 5.10. The molecule has 0 aromatic heterocycles. The highest BCUT2D eigenvalue weighted by Gasteiger charge is 2.33. The smallest absolute Gasteiger partial charge is 0.317 e. The Morgan fingerprint density at radius 3 is 2.89 bits per heavy atom. The van der Waals surface area contributed by atoms with Gasteiger partial charge >= 0.3 is 5.97 Å². The van der Waals surface area contributed by atoms with Gasteiger partial charge in [0.15, 0.2) is 0 Å². The van der Waals surface area contributed by atoms with Gasteiger partial charge in [0.25, 0.3) is 0 Å². The van der Waals surface area contributed by atoms with Gasteiger partial charge in [-0.15, -0.1) is 11.8 Å². The van der Waals surface area contributed by atoms with E-state index in [-0.39, 0.29) is 6.54 Å². The Morgan fingerprint density at radius 2 is 2.17 bits per heavy atom.